The van der Waals surface area contributed by atoms with Crippen LogP contribution in [0.1, 0.15) is 39.0 Å². The highest BCUT2D eigenvalue weighted by atomic mass is 32.2. The molecule has 0 aromatic carbocycles. The molecule has 0 saturated carbocycles. The van der Waals surface area contributed by atoms with Crippen molar-refractivity contribution < 1.29 is 13.2 Å². The van der Waals surface area contributed by atoms with E-state index in [0.29, 0.717) is 31.8 Å². The number of sulfonamides is 1. The number of piperidine rings is 1. The average molecular weight is 300 g/mol. The Hall–Kier alpha value is -0.640. The minimum absolute atomic E-state index is 0.145. The summed E-state index contributed by atoms with van der Waals surface area (Å²) in [6, 6.07) is 2.49. The number of rotatable bonds is 4. The lowest BCUT2D eigenvalue weighted by Crippen LogP contribution is -2.44. The number of ether oxygens (including phenoxy) is 1. The van der Waals surface area contributed by atoms with E-state index in [1.807, 2.05) is 0 Å². The molecular formula is C14H24N2O3S. The molecule has 0 atom stereocenters. The molecule has 2 aliphatic rings. The molecule has 0 bridgehead atoms. The minimum atomic E-state index is -3.11. The molecule has 2 saturated heterocycles. The van der Waals surface area contributed by atoms with Crippen LogP contribution < -0.4 is 0 Å². The summed E-state index contributed by atoms with van der Waals surface area (Å²) >= 11 is 0. The van der Waals surface area contributed by atoms with Gasteiger partial charge in [0.1, 0.15) is 0 Å². The first kappa shape index (κ1) is 15.7. The Morgan fingerprint density at radius 2 is 1.90 bits per heavy atom. The van der Waals surface area contributed by atoms with Crippen LogP contribution in [-0.2, 0) is 14.8 Å². The third-order valence-electron chi connectivity index (χ3n) is 4.70. The quantitative estimate of drug-likeness (QED) is 0.793. The third-order valence-corrected chi connectivity index (χ3v) is 6.58. The van der Waals surface area contributed by atoms with Crippen LogP contribution in [0.5, 0.6) is 0 Å². The van der Waals surface area contributed by atoms with Gasteiger partial charge in [0.15, 0.2) is 0 Å². The normalized spacial score (nSPS) is 25.2. The monoisotopic (exact) mass is 300 g/mol. The molecule has 0 aromatic rings. The molecule has 0 spiro atoms. The molecule has 0 radical (unpaired) electrons. The first-order chi connectivity index (χ1) is 9.51. The Morgan fingerprint density at radius 3 is 2.40 bits per heavy atom. The van der Waals surface area contributed by atoms with E-state index in [-0.39, 0.29) is 11.2 Å². The zero-order chi connectivity index (χ0) is 14.6. The fraction of sp³-hybridized carbons (Fsp3) is 0.929. The van der Waals surface area contributed by atoms with Gasteiger partial charge < -0.3 is 4.74 Å². The van der Waals surface area contributed by atoms with Gasteiger partial charge in [-0.05, 0) is 44.9 Å². The smallest absolute Gasteiger partial charge is 0.213 e. The van der Waals surface area contributed by atoms with Gasteiger partial charge in [-0.3, -0.25) is 0 Å². The first-order valence-corrected chi connectivity index (χ1v) is 9.09. The Bertz CT molecular complexity index is 455. The van der Waals surface area contributed by atoms with E-state index in [1.165, 1.54) is 0 Å². The number of nitrogens with zero attached hydrogens (tertiary/aromatic N) is 2. The lowest BCUT2D eigenvalue weighted by atomic mass is 9.72. The molecule has 5 nitrogen and oxygen atoms in total. The number of hydrogen-bond donors (Lipinski definition) is 0. The Morgan fingerprint density at radius 1 is 1.30 bits per heavy atom. The van der Waals surface area contributed by atoms with E-state index < -0.39 is 10.0 Å². The second-order valence-electron chi connectivity index (χ2n) is 5.95. The van der Waals surface area contributed by atoms with Gasteiger partial charge in [0.05, 0.1) is 17.2 Å². The Labute approximate surface area is 121 Å². The third kappa shape index (κ3) is 3.51. The summed E-state index contributed by atoms with van der Waals surface area (Å²) in [6.07, 6.45) is 4.29. The molecule has 20 heavy (non-hydrogen) atoms. The van der Waals surface area contributed by atoms with Crippen molar-refractivity contribution in [2.45, 2.75) is 39.0 Å². The van der Waals surface area contributed by atoms with E-state index in [0.717, 1.165) is 32.5 Å². The summed E-state index contributed by atoms with van der Waals surface area (Å²) in [7, 11) is -3.11. The molecule has 0 aromatic heterocycles. The maximum atomic E-state index is 11.9. The molecule has 6 heteroatoms. The van der Waals surface area contributed by atoms with Gasteiger partial charge in [-0.2, -0.15) is 5.26 Å². The summed E-state index contributed by atoms with van der Waals surface area (Å²) in [5.41, 5.74) is -0.332. The predicted octanol–water partition coefficient (Wildman–Crippen LogP) is 1.76. The number of hydrogen-bond acceptors (Lipinski definition) is 4. The van der Waals surface area contributed by atoms with Crippen molar-refractivity contribution in [2.24, 2.45) is 11.3 Å². The van der Waals surface area contributed by atoms with E-state index in [4.69, 9.17) is 4.74 Å². The van der Waals surface area contributed by atoms with Crippen LogP contribution in [0, 0.1) is 22.7 Å². The van der Waals surface area contributed by atoms with Crippen molar-refractivity contribution in [1.82, 2.24) is 4.31 Å². The second-order valence-corrected chi connectivity index (χ2v) is 8.21. The summed E-state index contributed by atoms with van der Waals surface area (Å²) in [5.74, 6) is 0.699. The van der Waals surface area contributed by atoms with Crippen LogP contribution in [0.2, 0.25) is 0 Å². The molecule has 2 rings (SSSR count). The largest absolute Gasteiger partial charge is 0.381 e. The van der Waals surface area contributed by atoms with Crippen LogP contribution in [0.25, 0.3) is 0 Å². The maximum absolute atomic E-state index is 11.9. The van der Waals surface area contributed by atoms with Crippen molar-refractivity contribution >= 4 is 10.0 Å². The summed E-state index contributed by atoms with van der Waals surface area (Å²) in [4.78, 5) is 0. The zero-order valence-corrected chi connectivity index (χ0v) is 13.0. The lowest BCUT2D eigenvalue weighted by Gasteiger charge is -2.39. The standard InChI is InChI=1S/C14H24N2O3S/c1-2-20(17,18)16-7-5-14(12-15,6-8-16)11-13-3-9-19-10-4-13/h13H,2-11H2,1H3. The van der Waals surface area contributed by atoms with Gasteiger partial charge in [0, 0.05) is 26.3 Å². The van der Waals surface area contributed by atoms with Crippen molar-refractivity contribution in [3.63, 3.8) is 0 Å². The van der Waals surface area contributed by atoms with Gasteiger partial charge in [-0.15, -0.1) is 0 Å². The first-order valence-electron chi connectivity index (χ1n) is 7.48. The van der Waals surface area contributed by atoms with Crippen molar-refractivity contribution in [1.29, 1.82) is 5.26 Å². The molecule has 114 valence electrons. The van der Waals surface area contributed by atoms with Crippen molar-refractivity contribution in [2.75, 3.05) is 32.1 Å². The molecule has 0 amide bonds. The molecule has 0 N–H and O–H groups in total. The van der Waals surface area contributed by atoms with E-state index in [1.54, 1.807) is 11.2 Å². The van der Waals surface area contributed by atoms with E-state index >= 15 is 0 Å². The van der Waals surface area contributed by atoms with Gasteiger partial charge in [0.25, 0.3) is 0 Å². The van der Waals surface area contributed by atoms with Crippen LogP contribution in [-0.4, -0.2) is 44.8 Å². The summed E-state index contributed by atoms with van der Waals surface area (Å²) < 4.78 is 30.6. The van der Waals surface area contributed by atoms with Crippen LogP contribution in [0.3, 0.4) is 0 Å². The molecule has 2 fully saturated rings. The fourth-order valence-electron chi connectivity index (χ4n) is 3.24. The molecule has 0 unspecified atom stereocenters. The molecule has 2 aliphatic heterocycles. The van der Waals surface area contributed by atoms with Crippen molar-refractivity contribution in [3.05, 3.63) is 0 Å². The lowest BCUT2D eigenvalue weighted by molar-refractivity contribution is 0.0468. The molecular weight excluding hydrogens is 276 g/mol. The van der Waals surface area contributed by atoms with Gasteiger partial charge in [-0.25, -0.2) is 12.7 Å². The average Bonchev–Trinajstić information content (AvgIpc) is 2.49. The topological polar surface area (TPSA) is 70.4 Å². The Kier molecular flexibility index (Phi) is 5.05. The Balaban J connectivity index is 1.96. The summed E-state index contributed by atoms with van der Waals surface area (Å²) in [5, 5.41) is 9.57. The molecule has 2 heterocycles. The van der Waals surface area contributed by atoms with E-state index in [2.05, 4.69) is 6.07 Å². The van der Waals surface area contributed by atoms with Gasteiger partial charge in [-0.1, -0.05) is 0 Å². The van der Waals surface area contributed by atoms with Crippen LogP contribution >= 0.6 is 0 Å². The van der Waals surface area contributed by atoms with Crippen molar-refractivity contribution in [3.8, 4) is 6.07 Å². The SMILES string of the molecule is CCS(=O)(=O)N1CCC(C#N)(CC2CCOCC2)CC1. The van der Waals surface area contributed by atoms with E-state index in [9.17, 15) is 13.7 Å². The number of nitriles is 1. The summed E-state index contributed by atoms with van der Waals surface area (Å²) in [6.45, 7) is 4.24. The highest BCUT2D eigenvalue weighted by molar-refractivity contribution is 7.89. The minimum Gasteiger partial charge on any atom is -0.381 e. The van der Waals surface area contributed by atoms with Crippen LogP contribution in [0.15, 0.2) is 0 Å². The van der Waals surface area contributed by atoms with Gasteiger partial charge in [0.2, 0.25) is 10.0 Å². The predicted molar refractivity (Wildman–Crippen MR) is 76.5 cm³/mol. The molecule has 0 aliphatic carbocycles. The highest BCUT2D eigenvalue weighted by Crippen LogP contribution is 2.40. The zero-order valence-electron chi connectivity index (χ0n) is 12.2. The maximum Gasteiger partial charge on any atom is 0.213 e. The fourth-order valence-corrected chi connectivity index (χ4v) is 4.34. The highest BCUT2D eigenvalue weighted by Gasteiger charge is 2.39. The van der Waals surface area contributed by atoms with Gasteiger partial charge >= 0.3 is 0 Å². The van der Waals surface area contributed by atoms with Crippen LogP contribution in [0.4, 0.5) is 0 Å². The second kappa shape index (κ2) is 6.42.